The van der Waals surface area contributed by atoms with E-state index in [0.29, 0.717) is 22.7 Å². The van der Waals surface area contributed by atoms with Gasteiger partial charge in [-0.1, -0.05) is 12.1 Å². The number of carbonyl (C=O) groups excluding carboxylic acids is 2. The number of hydrazone groups is 1. The van der Waals surface area contributed by atoms with E-state index in [1.165, 1.54) is 13.3 Å². The third kappa shape index (κ3) is 4.83. The molecule has 0 bridgehead atoms. The van der Waals surface area contributed by atoms with Crippen molar-refractivity contribution in [2.45, 2.75) is 13.8 Å². The second-order valence-corrected chi connectivity index (χ2v) is 5.58. The van der Waals surface area contributed by atoms with Crippen molar-refractivity contribution >= 4 is 23.7 Å². The Balaban J connectivity index is 2.00. The molecular weight excluding hydrogens is 334 g/mol. The van der Waals surface area contributed by atoms with E-state index in [-0.39, 0.29) is 0 Å². The maximum absolute atomic E-state index is 12.0. The van der Waals surface area contributed by atoms with Crippen molar-refractivity contribution in [1.82, 2.24) is 5.43 Å². The fourth-order valence-electron chi connectivity index (χ4n) is 2.19. The van der Waals surface area contributed by atoms with Crippen LogP contribution in [0, 0.1) is 13.8 Å². The lowest BCUT2D eigenvalue weighted by molar-refractivity contribution is -0.136. The molecule has 136 valence electrons. The van der Waals surface area contributed by atoms with Gasteiger partial charge in [-0.25, -0.2) is 5.43 Å². The lowest BCUT2D eigenvalue weighted by Gasteiger charge is -2.08. The highest BCUT2D eigenvalue weighted by Crippen LogP contribution is 2.23. The van der Waals surface area contributed by atoms with Crippen LogP contribution in [0.15, 0.2) is 41.5 Å². The molecule has 2 N–H and O–H groups in total. The minimum absolute atomic E-state index is 0.530. The average Bonchev–Trinajstić information content (AvgIpc) is 2.64. The molecule has 0 aliphatic rings. The van der Waals surface area contributed by atoms with Crippen molar-refractivity contribution in [3.8, 4) is 11.5 Å². The van der Waals surface area contributed by atoms with Crippen LogP contribution >= 0.6 is 0 Å². The number of carbonyl (C=O) groups is 2. The summed E-state index contributed by atoms with van der Waals surface area (Å²) in [7, 11) is 3.07. The number of hydrogen-bond donors (Lipinski definition) is 2. The van der Waals surface area contributed by atoms with Gasteiger partial charge >= 0.3 is 11.8 Å². The number of nitrogens with zero attached hydrogens (tertiary/aromatic N) is 1. The Morgan fingerprint density at radius 2 is 1.77 bits per heavy atom. The molecule has 0 aliphatic carbocycles. The van der Waals surface area contributed by atoms with E-state index in [1.807, 2.05) is 26.0 Å². The van der Waals surface area contributed by atoms with E-state index in [2.05, 4.69) is 15.8 Å². The van der Waals surface area contributed by atoms with Gasteiger partial charge in [0.2, 0.25) is 0 Å². The Hall–Kier alpha value is -3.35. The summed E-state index contributed by atoms with van der Waals surface area (Å²) in [5.74, 6) is -0.495. The summed E-state index contributed by atoms with van der Waals surface area (Å²) in [6.07, 6.45) is 1.39. The van der Waals surface area contributed by atoms with Gasteiger partial charge in [0, 0.05) is 17.3 Å². The van der Waals surface area contributed by atoms with E-state index in [0.717, 1.165) is 11.1 Å². The molecule has 2 aromatic carbocycles. The molecule has 2 rings (SSSR count). The first-order valence-corrected chi connectivity index (χ1v) is 7.88. The zero-order valence-electron chi connectivity index (χ0n) is 15.1. The summed E-state index contributed by atoms with van der Waals surface area (Å²) >= 11 is 0. The van der Waals surface area contributed by atoms with Crippen LogP contribution in [-0.2, 0) is 9.59 Å². The van der Waals surface area contributed by atoms with Gasteiger partial charge in [-0.2, -0.15) is 5.10 Å². The number of rotatable bonds is 5. The maximum Gasteiger partial charge on any atom is 0.329 e. The Morgan fingerprint density at radius 3 is 2.46 bits per heavy atom. The Kier molecular flexibility index (Phi) is 6.32. The van der Waals surface area contributed by atoms with E-state index >= 15 is 0 Å². The lowest BCUT2D eigenvalue weighted by Crippen LogP contribution is -2.32. The van der Waals surface area contributed by atoms with Crippen molar-refractivity contribution in [1.29, 1.82) is 0 Å². The highest BCUT2D eigenvalue weighted by molar-refractivity contribution is 6.39. The summed E-state index contributed by atoms with van der Waals surface area (Å²) < 4.78 is 10.3. The number of ether oxygens (including phenoxy) is 2. The van der Waals surface area contributed by atoms with Crippen LogP contribution in [0.3, 0.4) is 0 Å². The SMILES string of the molecule is COc1ccc(/C=N\NC(=O)C(=O)Nc2cc(C)ccc2C)c(OC)c1. The lowest BCUT2D eigenvalue weighted by atomic mass is 10.1. The first-order chi connectivity index (χ1) is 12.4. The summed E-state index contributed by atoms with van der Waals surface area (Å²) in [6.45, 7) is 3.75. The molecule has 0 unspecified atom stereocenters. The standard InChI is InChI=1S/C19H21N3O4/c1-12-5-6-13(2)16(9-12)21-18(23)19(24)22-20-11-14-7-8-15(25-3)10-17(14)26-4/h5-11H,1-4H3,(H,21,23)(H,22,24)/b20-11-. The molecule has 7 nitrogen and oxygen atoms in total. The molecule has 0 aromatic heterocycles. The number of anilines is 1. The third-order valence-corrected chi connectivity index (χ3v) is 3.66. The van der Waals surface area contributed by atoms with Crippen LogP contribution in [0.5, 0.6) is 11.5 Å². The van der Waals surface area contributed by atoms with E-state index in [1.54, 1.807) is 31.4 Å². The molecule has 0 saturated heterocycles. The monoisotopic (exact) mass is 355 g/mol. The number of hydrogen-bond acceptors (Lipinski definition) is 5. The first kappa shape index (κ1) is 19.0. The quantitative estimate of drug-likeness (QED) is 0.490. The van der Waals surface area contributed by atoms with Gasteiger partial charge in [0.15, 0.2) is 0 Å². The van der Waals surface area contributed by atoms with E-state index in [4.69, 9.17) is 9.47 Å². The molecular formula is C19H21N3O4. The smallest absolute Gasteiger partial charge is 0.329 e. The molecule has 2 amide bonds. The summed E-state index contributed by atoms with van der Waals surface area (Å²) in [5, 5.41) is 6.37. The molecule has 2 aromatic rings. The first-order valence-electron chi connectivity index (χ1n) is 7.88. The van der Waals surface area contributed by atoms with Crippen LogP contribution < -0.4 is 20.2 Å². The highest BCUT2D eigenvalue weighted by atomic mass is 16.5. The summed E-state index contributed by atoms with van der Waals surface area (Å²) in [4.78, 5) is 23.9. The molecule has 0 saturated carbocycles. The predicted octanol–water partition coefficient (Wildman–Crippen LogP) is 2.41. The highest BCUT2D eigenvalue weighted by Gasteiger charge is 2.14. The van der Waals surface area contributed by atoms with Crippen molar-refractivity contribution in [2.75, 3.05) is 19.5 Å². The molecule has 0 fully saturated rings. The van der Waals surface area contributed by atoms with Gasteiger partial charge in [0.05, 0.1) is 20.4 Å². The number of aryl methyl sites for hydroxylation is 2. The van der Waals surface area contributed by atoms with Gasteiger partial charge in [0.25, 0.3) is 0 Å². The normalized spacial score (nSPS) is 10.5. The number of methoxy groups -OCH3 is 2. The Morgan fingerprint density at radius 1 is 1.00 bits per heavy atom. The third-order valence-electron chi connectivity index (χ3n) is 3.66. The fourth-order valence-corrected chi connectivity index (χ4v) is 2.19. The summed E-state index contributed by atoms with van der Waals surface area (Å²) in [5.41, 5.74) is 5.26. The minimum Gasteiger partial charge on any atom is -0.497 e. The van der Waals surface area contributed by atoms with Gasteiger partial charge < -0.3 is 14.8 Å². The topological polar surface area (TPSA) is 89.0 Å². The van der Waals surface area contributed by atoms with Crippen LogP contribution in [0.4, 0.5) is 5.69 Å². The zero-order chi connectivity index (χ0) is 19.1. The second kappa shape index (κ2) is 8.66. The van der Waals surface area contributed by atoms with Gasteiger partial charge in [-0.3, -0.25) is 9.59 Å². The predicted molar refractivity (Wildman–Crippen MR) is 99.8 cm³/mol. The van der Waals surface area contributed by atoms with E-state index in [9.17, 15) is 9.59 Å². The largest absolute Gasteiger partial charge is 0.497 e. The number of nitrogens with one attached hydrogen (secondary N) is 2. The average molecular weight is 355 g/mol. The van der Waals surface area contributed by atoms with Gasteiger partial charge in [-0.15, -0.1) is 0 Å². The van der Waals surface area contributed by atoms with Gasteiger partial charge in [0.1, 0.15) is 11.5 Å². The molecule has 0 spiro atoms. The van der Waals surface area contributed by atoms with Crippen molar-refractivity contribution < 1.29 is 19.1 Å². The molecule has 0 atom stereocenters. The zero-order valence-corrected chi connectivity index (χ0v) is 15.1. The van der Waals surface area contributed by atoms with Crippen LogP contribution in [0.1, 0.15) is 16.7 Å². The molecule has 0 radical (unpaired) electrons. The number of benzene rings is 2. The van der Waals surface area contributed by atoms with E-state index < -0.39 is 11.8 Å². The maximum atomic E-state index is 12.0. The Bertz CT molecular complexity index is 847. The van der Waals surface area contributed by atoms with Crippen molar-refractivity contribution in [3.05, 3.63) is 53.1 Å². The fraction of sp³-hybridized carbons (Fsp3) is 0.211. The van der Waals surface area contributed by atoms with Crippen LogP contribution in [0.25, 0.3) is 0 Å². The van der Waals surface area contributed by atoms with Crippen LogP contribution in [-0.4, -0.2) is 32.2 Å². The van der Waals surface area contributed by atoms with Crippen LogP contribution in [0.2, 0.25) is 0 Å². The molecule has 0 aliphatic heterocycles. The summed E-state index contributed by atoms with van der Waals surface area (Å²) in [6, 6.07) is 10.7. The van der Waals surface area contributed by atoms with Crippen molar-refractivity contribution in [2.24, 2.45) is 5.10 Å². The number of amides is 2. The minimum atomic E-state index is -0.866. The molecule has 0 heterocycles. The van der Waals surface area contributed by atoms with Gasteiger partial charge in [-0.05, 0) is 43.2 Å². The van der Waals surface area contributed by atoms with Crippen molar-refractivity contribution in [3.63, 3.8) is 0 Å². The molecule has 26 heavy (non-hydrogen) atoms. The second-order valence-electron chi connectivity index (χ2n) is 5.58. The molecule has 7 heteroatoms. The Labute approximate surface area is 152 Å².